The predicted molar refractivity (Wildman–Crippen MR) is 106 cm³/mol. The first kappa shape index (κ1) is 16.4. The Balaban J connectivity index is 1.64. The molecule has 4 rings (SSSR count). The molecule has 5 nitrogen and oxygen atoms in total. The normalized spacial score (nSPS) is 13.3. The fourth-order valence-electron chi connectivity index (χ4n) is 3.35. The maximum Gasteiger partial charge on any atom is 0.321 e. The molecule has 0 atom stereocenters. The molecule has 5 heteroatoms. The van der Waals surface area contributed by atoms with Crippen molar-refractivity contribution in [1.82, 2.24) is 15.3 Å². The van der Waals surface area contributed by atoms with Crippen molar-refractivity contribution in [2.75, 3.05) is 11.9 Å². The van der Waals surface area contributed by atoms with E-state index in [0.717, 1.165) is 29.4 Å². The highest BCUT2D eigenvalue weighted by Crippen LogP contribution is 2.28. The minimum absolute atomic E-state index is 0.259. The quantitative estimate of drug-likeness (QED) is 0.642. The number of imidazole rings is 1. The summed E-state index contributed by atoms with van der Waals surface area (Å²) < 4.78 is 0. The zero-order valence-electron chi connectivity index (χ0n) is 14.8. The van der Waals surface area contributed by atoms with Gasteiger partial charge in [-0.25, -0.2) is 9.78 Å². The Bertz CT molecular complexity index is 987. The molecular formula is C21H22N4O. The maximum absolute atomic E-state index is 11.7. The average Bonchev–Trinajstić information content (AvgIpc) is 2.88. The van der Waals surface area contributed by atoms with E-state index in [-0.39, 0.29) is 6.03 Å². The summed E-state index contributed by atoms with van der Waals surface area (Å²) in [6, 6.07) is 12.5. The van der Waals surface area contributed by atoms with Crippen LogP contribution in [0.25, 0.3) is 28.2 Å². The third-order valence-corrected chi connectivity index (χ3v) is 4.64. The Labute approximate surface area is 152 Å². The van der Waals surface area contributed by atoms with Gasteiger partial charge in [-0.2, -0.15) is 0 Å². The van der Waals surface area contributed by atoms with Gasteiger partial charge < -0.3 is 10.3 Å². The van der Waals surface area contributed by atoms with Gasteiger partial charge in [-0.3, -0.25) is 5.32 Å². The summed E-state index contributed by atoms with van der Waals surface area (Å²) in [7, 11) is 0. The standard InChI is InChI=1S/C21H22N4O/c1-2-22-21(26)25-20-23-18-11-10-17(13-19(18)24-20)16-9-8-14-6-4-3-5-7-15(14)12-16/h4,6,8-13H,2-3,5,7H2,1H3,(H3,22,23,24,25,26). The predicted octanol–water partition coefficient (Wildman–Crippen LogP) is 4.72. The molecule has 0 aliphatic heterocycles. The van der Waals surface area contributed by atoms with E-state index >= 15 is 0 Å². The van der Waals surface area contributed by atoms with Crippen molar-refractivity contribution in [3.8, 4) is 11.1 Å². The minimum Gasteiger partial charge on any atom is -0.338 e. The Hall–Kier alpha value is -3.08. The molecule has 0 radical (unpaired) electrons. The van der Waals surface area contributed by atoms with Gasteiger partial charge >= 0.3 is 6.03 Å². The van der Waals surface area contributed by atoms with Crippen LogP contribution in [0.4, 0.5) is 10.7 Å². The van der Waals surface area contributed by atoms with Gasteiger partial charge in [0.1, 0.15) is 0 Å². The molecule has 132 valence electrons. The van der Waals surface area contributed by atoms with Gasteiger partial charge in [0, 0.05) is 6.54 Å². The van der Waals surface area contributed by atoms with Crippen LogP contribution in [-0.2, 0) is 6.42 Å². The molecule has 1 aliphatic rings. The number of anilines is 1. The number of aryl methyl sites for hydroxylation is 1. The molecule has 0 saturated carbocycles. The topological polar surface area (TPSA) is 69.8 Å². The minimum atomic E-state index is -0.259. The van der Waals surface area contributed by atoms with E-state index in [4.69, 9.17) is 0 Å². The number of nitrogens with zero attached hydrogens (tertiary/aromatic N) is 1. The van der Waals surface area contributed by atoms with Crippen LogP contribution in [0.1, 0.15) is 30.9 Å². The molecule has 26 heavy (non-hydrogen) atoms. The lowest BCUT2D eigenvalue weighted by molar-refractivity contribution is 0.252. The number of aromatic nitrogens is 2. The third-order valence-electron chi connectivity index (χ3n) is 4.64. The zero-order chi connectivity index (χ0) is 17.9. The molecule has 2 amide bonds. The molecule has 3 aromatic rings. The van der Waals surface area contributed by atoms with Crippen molar-refractivity contribution in [1.29, 1.82) is 0 Å². The number of benzene rings is 2. The number of hydrogen-bond acceptors (Lipinski definition) is 2. The van der Waals surface area contributed by atoms with Crippen LogP contribution in [0.15, 0.2) is 42.5 Å². The number of hydrogen-bond donors (Lipinski definition) is 3. The highest BCUT2D eigenvalue weighted by atomic mass is 16.2. The molecule has 1 heterocycles. The summed E-state index contributed by atoms with van der Waals surface area (Å²) >= 11 is 0. The summed E-state index contributed by atoms with van der Waals surface area (Å²) in [6.45, 7) is 2.45. The van der Waals surface area contributed by atoms with Crippen LogP contribution >= 0.6 is 0 Å². The molecule has 0 saturated heterocycles. The zero-order valence-corrected chi connectivity index (χ0v) is 14.8. The van der Waals surface area contributed by atoms with Crippen LogP contribution in [0.5, 0.6) is 0 Å². The molecular weight excluding hydrogens is 324 g/mol. The summed E-state index contributed by atoms with van der Waals surface area (Å²) in [5, 5.41) is 5.41. The van der Waals surface area contributed by atoms with E-state index in [1.807, 2.05) is 13.0 Å². The number of urea groups is 1. The van der Waals surface area contributed by atoms with Crippen LogP contribution in [0.2, 0.25) is 0 Å². The van der Waals surface area contributed by atoms with Gasteiger partial charge in [-0.05, 0) is 60.6 Å². The van der Waals surface area contributed by atoms with Crippen molar-refractivity contribution in [3.05, 3.63) is 53.6 Å². The van der Waals surface area contributed by atoms with Crippen molar-refractivity contribution in [3.63, 3.8) is 0 Å². The van der Waals surface area contributed by atoms with E-state index < -0.39 is 0 Å². The lowest BCUT2D eigenvalue weighted by Crippen LogP contribution is -2.28. The lowest BCUT2D eigenvalue weighted by Gasteiger charge is -2.08. The number of H-pyrrole nitrogens is 1. The number of aromatic amines is 1. The lowest BCUT2D eigenvalue weighted by atomic mass is 9.97. The third kappa shape index (κ3) is 3.33. The Morgan fingerprint density at radius 3 is 2.92 bits per heavy atom. The Morgan fingerprint density at radius 2 is 2.04 bits per heavy atom. The number of allylic oxidation sites excluding steroid dienone is 1. The molecule has 2 aromatic carbocycles. The molecule has 0 bridgehead atoms. The first-order valence-electron chi connectivity index (χ1n) is 9.07. The maximum atomic E-state index is 11.7. The van der Waals surface area contributed by atoms with Gasteiger partial charge in [-0.15, -0.1) is 0 Å². The Kier molecular flexibility index (Phi) is 4.44. The van der Waals surface area contributed by atoms with Gasteiger partial charge in [0.15, 0.2) is 0 Å². The van der Waals surface area contributed by atoms with E-state index in [0.29, 0.717) is 12.5 Å². The summed E-state index contributed by atoms with van der Waals surface area (Å²) in [5.41, 5.74) is 6.81. The molecule has 0 fully saturated rings. The van der Waals surface area contributed by atoms with Crippen LogP contribution in [0.3, 0.4) is 0 Å². The highest BCUT2D eigenvalue weighted by molar-refractivity contribution is 5.90. The number of nitrogens with one attached hydrogen (secondary N) is 3. The number of fused-ring (bicyclic) bond motifs is 2. The second-order valence-electron chi connectivity index (χ2n) is 6.51. The molecule has 0 spiro atoms. The van der Waals surface area contributed by atoms with Crippen molar-refractivity contribution < 1.29 is 4.79 Å². The number of carbonyl (C=O) groups excluding carboxylic acids is 1. The van der Waals surface area contributed by atoms with E-state index in [2.05, 4.69) is 63.1 Å². The van der Waals surface area contributed by atoms with Crippen LogP contribution in [-0.4, -0.2) is 22.5 Å². The van der Waals surface area contributed by atoms with Gasteiger partial charge in [0.2, 0.25) is 5.95 Å². The smallest absolute Gasteiger partial charge is 0.321 e. The van der Waals surface area contributed by atoms with Crippen LogP contribution in [0, 0.1) is 0 Å². The molecule has 3 N–H and O–H groups in total. The Morgan fingerprint density at radius 1 is 1.19 bits per heavy atom. The summed E-state index contributed by atoms with van der Waals surface area (Å²) in [5.74, 6) is 0.454. The van der Waals surface area contributed by atoms with Gasteiger partial charge in [0.05, 0.1) is 11.0 Å². The first-order valence-corrected chi connectivity index (χ1v) is 9.07. The second-order valence-corrected chi connectivity index (χ2v) is 6.51. The van der Waals surface area contributed by atoms with Crippen LogP contribution < -0.4 is 10.6 Å². The average molecular weight is 346 g/mol. The molecule has 0 unspecified atom stereocenters. The number of rotatable bonds is 3. The van der Waals surface area contributed by atoms with Gasteiger partial charge in [-0.1, -0.05) is 36.4 Å². The first-order chi connectivity index (χ1) is 12.7. The number of amides is 2. The van der Waals surface area contributed by atoms with E-state index in [9.17, 15) is 4.79 Å². The van der Waals surface area contributed by atoms with Crippen molar-refractivity contribution in [2.24, 2.45) is 0 Å². The fraction of sp³-hybridized carbons (Fsp3) is 0.238. The second kappa shape index (κ2) is 7.04. The monoisotopic (exact) mass is 346 g/mol. The molecule has 1 aliphatic carbocycles. The molecule has 1 aromatic heterocycles. The van der Waals surface area contributed by atoms with Crippen molar-refractivity contribution >= 4 is 29.1 Å². The van der Waals surface area contributed by atoms with E-state index in [1.165, 1.54) is 23.1 Å². The highest BCUT2D eigenvalue weighted by Gasteiger charge is 2.09. The largest absolute Gasteiger partial charge is 0.338 e. The van der Waals surface area contributed by atoms with Gasteiger partial charge in [0.25, 0.3) is 0 Å². The summed E-state index contributed by atoms with van der Waals surface area (Å²) in [4.78, 5) is 19.2. The fourth-order valence-corrected chi connectivity index (χ4v) is 3.35. The number of carbonyl (C=O) groups is 1. The SMILES string of the molecule is CCNC(=O)Nc1nc2ccc(-c3ccc4c(c3)CCCC=C4)cc2[nH]1. The van der Waals surface area contributed by atoms with E-state index in [1.54, 1.807) is 0 Å². The van der Waals surface area contributed by atoms with Crippen molar-refractivity contribution in [2.45, 2.75) is 26.2 Å². The summed E-state index contributed by atoms with van der Waals surface area (Å²) in [6.07, 6.45) is 7.94.